The smallest absolute Gasteiger partial charge is 0.255 e. The van der Waals surface area contributed by atoms with Crippen LogP contribution in [0.5, 0.6) is 11.5 Å². The first-order chi connectivity index (χ1) is 11.0. The number of hydrogen-bond donors (Lipinski definition) is 3. The van der Waals surface area contributed by atoms with E-state index in [9.17, 15) is 9.59 Å². The summed E-state index contributed by atoms with van der Waals surface area (Å²) in [7, 11) is 1.48. The quantitative estimate of drug-likeness (QED) is 0.648. The third-order valence-corrected chi connectivity index (χ3v) is 3.46. The van der Waals surface area contributed by atoms with E-state index in [4.69, 9.17) is 25.7 Å². The third-order valence-electron chi connectivity index (χ3n) is 3.46. The van der Waals surface area contributed by atoms with E-state index >= 15 is 0 Å². The summed E-state index contributed by atoms with van der Waals surface area (Å²) >= 11 is 0. The molecule has 1 fully saturated rings. The normalized spacial score (nSPS) is 19.2. The summed E-state index contributed by atoms with van der Waals surface area (Å²) < 4.78 is 16.0. The third kappa shape index (κ3) is 5.26. The first-order valence-corrected chi connectivity index (χ1v) is 7.29. The summed E-state index contributed by atoms with van der Waals surface area (Å²) in [6, 6.07) is 4.86. The molecule has 2 atom stereocenters. The number of ether oxygens (including phenoxy) is 3. The number of primary amides is 1. The van der Waals surface area contributed by atoms with Crippen molar-refractivity contribution in [1.29, 1.82) is 0 Å². The number of amides is 2. The Morgan fingerprint density at radius 3 is 2.67 bits per heavy atom. The van der Waals surface area contributed by atoms with Crippen LogP contribution < -0.4 is 26.3 Å². The summed E-state index contributed by atoms with van der Waals surface area (Å²) in [5, 5.41) is 2.75. The lowest BCUT2D eigenvalue weighted by Crippen LogP contribution is -2.29. The SMILES string of the molecule is COc1ccc(NC(=O)[C@@H]2CC[C@H](CN)O2)cc1OCC(N)=O.Cl. The number of halogens is 1. The number of benzene rings is 1. The summed E-state index contributed by atoms with van der Waals surface area (Å²) in [5.74, 6) is -0.0959. The molecule has 134 valence electrons. The molecule has 24 heavy (non-hydrogen) atoms. The Kier molecular flexibility index (Phi) is 7.76. The highest BCUT2D eigenvalue weighted by Crippen LogP contribution is 2.30. The average Bonchev–Trinajstić information content (AvgIpc) is 3.02. The first-order valence-electron chi connectivity index (χ1n) is 7.29. The maximum absolute atomic E-state index is 12.2. The van der Waals surface area contributed by atoms with Gasteiger partial charge >= 0.3 is 0 Å². The van der Waals surface area contributed by atoms with Crippen LogP contribution >= 0.6 is 12.4 Å². The van der Waals surface area contributed by atoms with Gasteiger partial charge in [-0.2, -0.15) is 0 Å². The molecular formula is C15H22ClN3O5. The van der Waals surface area contributed by atoms with Crippen molar-refractivity contribution in [2.24, 2.45) is 11.5 Å². The summed E-state index contributed by atoms with van der Waals surface area (Å²) in [6.07, 6.45) is 0.815. The molecule has 1 saturated heterocycles. The molecule has 0 saturated carbocycles. The number of nitrogens with one attached hydrogen (secondary N) is 1. The second-order valence-corrected chi connectivity index (χ2v) is 5.17. The van der Waals surface area contributed by atoms with Gasteiger partial charge in [-0.05, 0) is 25.0 Å². The number of anilines is 1. The predicted molar refractivity (Wildman–Crippen MR) is 90.5 cm³/mol. The van der Waals surface area contributed by atoms with Crippen LogP contribution in [0, 0.1) is 0 Å². The second-order valence-electron chi connectivity index (χ2n) is 5.17. The molecule has 2 rings (SSSR count). The number of rotatable bonds is 7. The molecule has 1 aliphatic rings. The lowest BCUT2D eigenvalue weighted by atomic mass is 10.2. The van der Waals surface area contributed by atoms with Crippen molar-refractivity contribution in [3.8, 4) is 11.5 Å². The minimum Gasteiger partial charge on any atom is -0.493 e. The van der Waals surface area contributed by atoms with E-state index in [-0.39, 0.29) is 31.0 Å². The van der Waals surface area contributed by atoms with Crippen molar-refractivity contribution in [2.75, 3.05) is 25.6 Å². The van der Waals surface area contributed by atoms with Crippen LogP contribution in [-0.4, -0.2) is 44.3 Å². The van der Waals surface area contributed by atoms with Crippen molar-refractivity contribution in [3.05, 3.63) is 18.2 Å². The fraction of sp³-hybridized carbons (Fsp3) is 0.467. The van der Waals surface area contributed by atoms with Crippen molar-refractivity contribution < 1.29 is 23.8 Å². The largest absolute Gasteiger partial charge is 0.493 e. The Morgan fingerprint density at radius 1 is 1.33 bits per heavy atom. The molecular weight excluding hydrogens is 338 g/mol. The van der Waals surface area contributed by atoms with Gasteiger partial charge in [0.15, 0.2) is 18.1 Å². The summed E-state index contributed by atoms with van der Waals surface area (Å²) in [4.78, 5) is 23.0. The van der Waals surface area contributed by atoms with Gasteiger partial charge < -0.3 is 31.0 Å². The standard InChI is InChI=1S/C15H21N3O5.ClH/c1-21-11-4-2-9(6-13(11)22-8-14(17)19)18-15(20)12-5-3-10(7-16)23-12;/h2,4,6,10,12H,3,5,7-8,16H2,1H3,(H2,17,19)(H,18,20);1H/t10-,12+;/m1./s1. The maximum Gasteiger partial charge on any atom is 0.255 e. The van der Waals surface area contributed by atoms with Crippen LogP contribution in [0.1, 0.15) is 12.8 Å². The Bertz CT molecular complexity index is 584. The molecule has 0 aliphatic carbocycles. The van der Waals surface area contributed by atoms with E-state index in [1.807, 2.05) is 0 Å². The van der Waals surface area contributed by atoms with Gasteiger partial charge in [0, 0.05) is 18.3 Å². The van der Waals surface area contributed by atoms with E-state index in [1.54, 1.807) is 18.2 Å². The molecule has 0 spiro atoms. The predicted octanol–water partition coefficient (Wildman–Crippen LogP) is 0.426. The topological polar surface area (TPSA) is 126 Å². The van der Waals surface area contributed by atoms with Gasteiger partial charge in [0.05, 0.1) is 13.2 Å². The Balaban J connectivity index is 0.00000288. The highest BCUT2D eigenvalue weighted by molar-refractivity contribution is 5.94. The molecule has 5 N–H and O–H groups in total. The Morgan fingerprint density at radius 2 is 2.08 bits per heavy atom. The minimum absolute atomic E-state index is 0. The molecule has 0 unspecified atom stereocenters. The zero-order valence-electron chi connectivity index (χ0n) is 13.3. The fourth-order valence-corrected chi connectivity index (χ4v) is 2.31. The number of methoxy groups -OCH3 is 1. The van der Waals surface area contributed by atoms with Gasteiger partial charge in [-0.3, -0.25) is 9.59 Å². The molecule has 9 heteroatoms. The van der Waals surface area contributed by atoms with Crippen LogP contribution in [0.3, 0.4) is 0 Å². The van der Waals surface area contributed by atoms with Gasteiger partial charge in [0.1, 0.15) is 6.10 Å². The Hall–Kier alpha value is -2.03. The first kappa shape index (κ1) is 20.0. The number of carbonyl (C=O) groups is 2. The lowest BCUT2D eigenvalue weighted by molar-refractivity contribution is -0.126. The van der Waals surface area contributed by atoms with E-state index in [0.29, 0.717) is 30.2 Å². The highest BCUT2D eigenvalue weighted by Gasteiger charge is 2.29. The zero-order valence-corrected chi connectivity index (χ0v) is 14.1. The van der Waals surface area contributed by atoms with Crippen molar-refractivity contribution in [2.45, 2.75) is 25.0 Å². The van der Waals surface area contributed by atoms with E-state index in [1.165, 1.54) is 7.11 Å². The molecule has 1 heterocycles. The van der Waals surface area contributed by atoms with Crippen LogP contribution in [-0.2, 0) is 14.3 Å². The van der Waals surface area contributed by atoms with Crippen LogP contribution in [0.4, 0.5) is 5.69 Å². The van der Waals surface area contributed by atoms with Crippen LogP contribution in [0.25, 0.3) is 0 Å². The molecule has 1 aromatic rings. The fourth-order valence-electron chi connectivity index (χ4n) is 2.31. The molecule has 0 aromatic heterocycles. The highest BCUT2D eigenvalue weighted by atomic mass is 35.5. The maximum atomic E-state index is 12.2. The Labute approximate surface area is 146 Å². The molecule has 0 radical (unpaired) electrons. The number of carbonyl (C=O) groups excluding carboxylic acids is 2. The second kappa shape index (κ2) is 9.31. The summed E-state index contributed by atoms with van der Waals surface area (Å²) in [5.41, 5.74) is 11.1. The van der Waals surface area contributed by atoms with Gasteiger partial charge in [-0.15, -0.1) is 12.4 Å². The van der Waals surface area contributed by atoms with E-state index in [0.717, 1.165) is 6.42 Å². The van der Waals surface area contributed by atoms with Crippen molar-refractivity contribution in [3.63, 3.8) is 0 Å². The van der Waals surface area contributed by atoms with Gasteiger partial charge in [-0.25, -0.2) is 0 Å². The number of hydrogen-bond acceptors (Lipinski definition) is 6. The number of nitrogens with two attached hydrogens (primary N) is 2. The molecule has 1 aromatic carbocycles. The van der Waals surface area contributed by atoms with Crippen molar-refractivity contribution in [1.82, 2.24) is 0 Å². The molecule has 1 aliphatic heterocycles. The van der Waals surface area contributed by atoms with E-state index in [2.05, 4.69) is 5.32 Å². The minimum atomic E-state index is -0.603. The van der Waals surface area contributed by atoms with Crippen LogP contribution in [0.15, 0.2) is 18.2 Å². The molecule has 8 nitrogen and oxygen atoms in total. The van der Waals surface area contributed by atoms with Gasteiger partial charge in [0.2, 0.25) is 0 Å². The average molecular weight is 360 g/mol. The zero-order chi connectivity index (χ0) is 16.8. The lowest BCUT2D eigenvalue weighted by Gasteiger charge is -2.15. The monoisotopic (exact) mass is 359 g/mol. The van der Waals surface area contributed by atoms with E-state index < -0.39 is 12.0 Å². The molecule has 0 bridgehead atoms. The van der Waals surface area contributed by atoms with Gasteiger partial charge in [-0.1, -0.05) is 0 Å². The van der Waals surface area contributed by atoms with Crippen molar-refractivity contribution >= 4 is 29.9 Å². The summed E-state index contributed by atoms with van der Waals surface area (Å²) in [6.45, 7) is 0.120. The van der Waals surface area contributed by atoms with Crippen LogP contribution in [0.2, 0.25) is 0 Å². The molecule has 2 amide bonds. The van der Waals surface area contributed by atoms with Gasteiger partial charge in [0.25, 0.3) is 11.8 Å².